The van der Waals surface area contributed by atoms with Gasteiger partial charge in [-0.25, -0.2) is 8.42 Å². The van der Waals surface area contributed by atoms with Crippen LogP contribution in [-0.4, -0.2) is 24.2 Å². The Labute approximate surface area is 180 Å². The van der Waals surface area contributed by atoms with E-state index in [0.29, 0.717) is 18.6 Å². The maximum absolute atomic E-state index is 12.7. The number of aromatic amines is 1. The van der Waals surface area contributed by atoms with Crippen molar-refractivity contribution in [2.24, 2.45) is 7.05 Å². The van der Waals surface area contributed by atoms with Crippen molar-refractivity contribution < 1.29 is 8.42 Å². The SMILES string of the molecule is Cn1cc2c3c(c[nH]c3c1=O)CN(Cc1ccccc1)c1ccc(CS(C)(=O)=O)cc1-2. The van der Waals surface area contributed by atoms with E-state index >= 15 is 0 Å². The van der Waals surface area contributed by atoms with Gasteiger partial charge in [0.05, 0.1) is 5.75 Å². The van der Waals surface area contributed by atoms with E-state index in [1.807, 2.05) is 48.8 Å². The van der Waals surface area contributed by atoms with Crippen LogP contribution in [0, 0.1) is 0 Å². The van der Waals surface area contributed by atoms with Crippen LogP contribution in [-0.2, 0) is 35.7 Å². The van der Waals surface area contributed by atoms with Gasteiger partial charge in [0.1, 0.15) is 5.52 Å². The molecule has 1 aliphatic rings. The summed E-state index contributed by atoms with van der Waals surface area (Å²) in [6.45, 7) is 1.35. The van der Waals surface area contributed by atoms with Crippen molar-refractivity contribution in [2.75, 3.05) is 11.2 Å². The highest BCUT2D eigenvalue weighted by Gasteiger charge is 2.25. The first-order valence-corrected chi connectivity index (χ1v) is 12.2. The number of anilines is 1. The molecule has 31 heavy (non-hydrogen) atoms. The lowest BCUT2D eigenvalue weighted by molar-refractivity contribution is 0.601. The van der Waals surface area contributed by atoms with E-state index in [9.17, 15) is 13.2 Å². The molecule has 0 saturated heterocycles. The van der Waals surface area contributed by atoms with Crippen LogP contribution < -0.4 is 10.5 Å². The van der Waals surface area contributed by atoms with Crippen molar-refractivity contribution in [1.29, 1.82) is 0 Å². The van der Waals surface area contributed by atoms with Crippen LogP contribution >= 0.6 is 0 Å². The van der Waals surface area contributed by atoms with Gasteiger partial charge in [-0.15, -0.1) is 0 Å². The number of aryl methyl sites for hydroxylation is 1. The number of nitrogens with zero attached hydrogens (tertiary/aromatic N) is 2. The molecule has 0 spiro atoms. The predicted molar refractivity (Wildman–Crippen MR) is 124 cm³/mol. The molecule has 1 aliphatic heterocycles. The summed E-state index contributed by atoms with van der Waals surface area (Å²) in [5, 5.41) is 0.913. The second-order valence-corrected chi connectivity index (χ2v) is 10.4. The molecule has 3 heterocycles. The number of benzene rings is 2. The van der Waals surface area contributed by atoms with Gasteiger partial charge in [-0.3, -0.25) is 4.79 Å². The zero-order valence-corrected chi connectivity index (χ0v) is 18.2. The Kier molecular flexibility index (Phi) is 4.51. The standard InChI is InChI=1S/C24H23N3O3S/c1-26-14-20-19-10-17(15-31(2,29)30)8-9-21(19)27(12-16-6-4-3-5-7-16)13-18-11-25-23(22(18)20)24(26)28/h3-11,14,25H,12-13,15H2,1-2H3. The van der Waals surface area contributed by atoms with Gasteiger partial charge in [0.2, 0.25) is 0 Å². The monoisotopic (exact) mass is 433 g/mol. The van der Waals surface area contributed by atoms with Crippen LogP contribution in [0.5, 0.6) is 0 Å². The van der Waals surface area contributed by atoms with E-state index < -0.39 is 9.84 Å². The highest BCUT2D eigenvalue weighted by atomic mass is 32.2. The van der Waals surface area contributed by atoms with Crippen LogP contribution in [0.3, 0.4) is 0 Å². The second kappa shape index (κ2) is 7.13. The Bertz CT molecular complexity index is 1470. The summed E-state index contributed by atoms with van der Waals surface area (Å²) in [6.07, 6.45) is 5.02. The van der Waals surface area contributed by atoms with Gasteiger partial charge < -0.3 is 14.5 Å². The van der Waals surface area contributed by atoms with Crippen LogP contribution in [0.2, 0.25) is 0 Å². The van der Waals surface area contributed by atoms with Crippen molar-refractivity contribution in [3.05, 3.63) is 88.0 Å². The van der Waals surface area contributed by atoms with E-state index in [2.05, 4.69) is 22.0 Å². The summed E-state index contributed by atoms with van der Waals surface area (Å²) < 4.78 is 25.4. The van der Waals surface area contributed by atoms with Gasteiger partial charge in [0.15, 0.2) is 9.84 Å². The smallest absolute Gasteiger partial charge is 0.274 e. The molecule has 2 aromatic carbocycles. The van der Waals surface area contributed by atoms with Gasteiger partial charge in [0, 0.05) is 61.0 Å². The Morgan fingerprint density at radius 3 is 2.55 bits per heavy atom. The van der Waals surface area contributed by atoms with E-state index in [4.69, 9.17) is 0 Å². The van der Waals surface area contributed by atoms with Crippen LogP contribution in [0.4, 0.5) is 5.69 Å². The quantitative estimate of drug-likeness (QED) is 0.534. The number of pyridine rings is 1. The summed E-state index contributed by atoms with van der Waals surface area (Å²) in [6, 6.07) is 16.1. The molecule has 5 rings (SSSR count). The fourth-order valence-corrected chi connectivity index (χ4v) is 5.25. The number of H-pyrrole nitrogens is 1. The Balaban J connectivity index is 1.76. The van der Waals surface area contributed by atoms with Crippen LogP contribution in [0.1, 0.15) is 16.7 Å². The van der Waals surface area contributed by atoms with Crippen molar-refractivity contribution in [2.45, 2.75) is 18.8 Å². The molecule has 0 amide bonds. The number of hydrogen-bond acceptors (Lipinski definition) is 4. The molecule has 158 valence electrons. The normalized spacial score (nSPS) is 13.3. The maximum atomic E-state index is 12.7. The largest absolute Gasteiger partial charge is 0.362 e. The number of nitrogens with one attached hydrogen (secondary N) is 1. The molecule has 0 bridgehead atoms. The highest BCUT2D eigenvalue weighted by Crippen LogP contribution is 2.41. The third kappa shape index (κ3) is 3.55. The number of rotatable bonds is 4. The van der Waals surface area contributed by atoms with Crippen molar-refractivity contribution in [3.63, 3.8) is 0 Å². The Morgan fingerprint density at radius 1 is 1.03 bits per heavy atom. The highest BCUT2D eigenvalue weighted by molar-refractivity contribution is 7.89. The van der Waals surface area contributed by atoms with E-state index in [1.165, 1.54) is 11.8 Å². The average molecular weight is 434 g/mol. The Hall–Kier alpha value is -3.32. The zero-order valence-electron chi connectivity index (χ0n) is 17.4. The number of aromatic nitrogens is 2. The van der Waals surface area contributed by atoms with Crippen molar-refractivity contribution >= 4 is 26.4 Å². The molecule has 0 saturated carbocycles. The molecule has 6 nitrogen and oxygen atoms in total. The molecule has 0 aliphatic carbocycles. The minimum absolute atomic E-state index is 0.0200. The molecular formula is C24H23N3O3S. The first-order chi connectivity index (χ1) is 14.8. The van der Waals surface area contributed by atoms with Crippen LogP contribution in [0.25, 0.3) is 22.0 Å². The molecular weight excluding hydrogens is 410 g/mol. The van der Waals surface area contributed by atoms with Crippen molar-refractivity contribution in [1.82, 2.24) is 9.55 Å². The average Bonchev–Trinajstić information content (AvgIpc) is 3.09. The lowest BCUT2D eigenvalue weighted by Crippen LogP contribution is -2.21. The first kappa shape index (κ1) is 19.6. The molecule has 2 aromatic heterocycles. The Morgan fingerprint density at radius 2 is 1.81 bits per heavy atom. The van der Waals surface area contributed by atoms with Gasteiger partial charge >= 0.3 is 0 Å². The summed E-state index contributed by atoms with van der Waals surface area (Å²) in [4.78, 5) is 18.2. The third-order valence-corrected chi connectivity index (χ3v) is 6.64. The number of sulfone groups is 1. The summed E-state index contributed by atoms with van der Waals surface area (Å²) in [7, 11) is -1.42. The molecule has 0 atom stereocenters. The summed E-state index contributed by atoms with van der Waals surface area (Å²) >= 11 is 0. The lowest BCUT2D eigenvalue weighted by Gasteiger charge is -2.26. The summed E-state index contributed by atoms with van der Waals surface area (Å²) in [5.74, 6) is -0.0200. The van der Waals surface area contributed by atoms with Crippen molar-refractivity contribution in [3.8, 4) is 11.1 Å². The minimum Gasteiger partial charge on any atom is -0.362 e. The number of hydrogen-bond donors (Lipinski definition) is 1. The maximum Gasteiger partial charge on any atom is 0.274 e. The topological polar surface area (TPSA) is 75.2 Å². The van der Waals surface area contributed by atoms with Crippen LogP contribution in [0.15, 0.2) is 65.7 Å². The van der Waals surface area contributed by atoms with E-state index in [1.54, 1.807) is 11.6 Å². The van der Waals surface area contributed by atoms with Gasteiger partial charge in [-0.1, -0.05) is 36.4 Å². The van der Waals surface area contributed by atoms with Gasteiger partial charge in [-0.2, -0.15) is 0 Å². The number of fused-ring (bicyclic) bond motifs is 2. The fraction of sp³-hybridized carbons (Fsp3) is 0.208. The van der Waals surface area contributed by atoms with Gasteiger partial charge in [0.25, 0.3) is 5.56 Å². The molecule has 0 fully saturated rings. The molecule has 0 unspecified atom stereocenters. The molecule has 0 radical (unpaired) electrons. The summed E-state index contributed by atoms with van der Waals surface area (Å²) in [5.41, 5.74) is 6.39. The molecule has 4 aromatic rings. The third-order valence-electron chi connectivity index (χ3n) is 5.79. The first-order valence-electron chi connectivity index (χ1n) is 10.1. The van der Waals surface area contributed by atoms with Gasteiger partial charge in [-0.05, 0) is 28.8 Å². The predicted octanol–water partition coefficient (Wildman–Crippen LogP) is 3.60. The zero-order chi connectivity index (χ0) is 21.8. The minimum atomic E-state index is -3.17. The molecule has 7 heteroatoms. The van der Waals surface area contributed by atoms with E-state index in [-0.39, 0.29) is 11.3 Å². The second-order valence-electron chi connectivity index (χ2n) is 8.29. The molecule has 1 N–H and O–H groups in total. The lowest BCUT2D eigenvalue weighted by atomic mass is 9.99. The van der Waals surface area contributed by atoms with E-state index in [0.717, 1.165) is 33.3 Å². The fourth-order valence-electron chi connectivity index (χ4n) is 4.47.